The standard InChI is InChI=1S/C21H19N3OS/c1-15-9-10-17-19(13-15)26-21(22-17)23-20(25)18(24-11-5-6-12-24)14-16-7-3-2-4-8-16/h2-13,18H,14H2,1H3,(H,22,23,25)/t18-/m0/s1. The zero-order valence-corrected chi connectivity index (χ0v) is 15.2. The second kappa shape index (κ2) is 7.14. The van der Waals surface area contributed by atoms with Gasteiger partial charge < -0.3 is 9.88 Å². The molecule has 130 valence electrons. The third-order valence-corrected chi connectivity index (χ3v) is 5.27. The number of carbonyl (C=O) groups is 1. The number of thiazole rings is 1. The normalized spacial score (nSPS) is 12.2. The first-order valence-corrected chi connectivity index (χ1v) is 9.35. The average Bonchev–Trinajstić information content (AvgIpc) is 3.29. The number of amides is 1. The van der Waals surface area contributed by atoms with Gasteiger partial charge in [-0.05, 0) is 42.3 Å². The molecule has 26 heavy (non-hydrogen) atoms. The van der Waals surface area contributed by atoms with E-state index in [0.29, 0.717) is 11.6 Å². The van der Waals surface area contributed by atoms with Gasteiger partial charge in [-0.15, -0.1) is 0 Å². The number of hydrogen-bond acceptors (Lipinski definition) is 3. The quantitative estimate of drug-likeness (QED) is 0.553. The number of hydrogen-bond donors (Lipinski definition) is 1. The molecule has 4 aromatic rings. The molecular weight excluding hydrogens is 342 g/mol. The molecule has 4 rings (SSSR count). The number of benzene rings is 2. The lowest BCUT2D eigenvalue weighted by molar-refractivity contribution is -0.119. The molecule has 4 nitrogen and oxygen atoms in total. The summed E-state index contributed by atoms with van der Waals surface area (Å²) in [5.74, 6) is -0.0548. The number of anilines is 1. The second-order valence-corrected chi connectivity index (χ2v) is 7.35. The maximum atomic E-state index is 13.0. The van der Waals surface area contributed by atoms with Gasteiger partial charge in [0.2, 0.25) is 5.91 Å². The highest BCUT2D eigenvalue weighted by molar-refractivity contribution is 7.22. The Morgan fingerprint density at radius 1 is 1.12 bits per heavy atom. The van der Waals surface area contributed by atoms with Gasteiger partial charge in [0.15, 0.2) is 5.13 Å². The molecule has 2 aromatic heterocycles. The van der Waals surface area contributed by atoms with Crippen molar-refractivity contribution in [2.75, 3.05) is 5.32 Å². The Morgan fingerprint density at radius 2 is 1.88 bits per heavy atom. The van der Waals surface area contributed by atoms with Crippen molar-refractivity contribution >= 4 is 32.6 Å². The van der Waals surface area contributed by atoms with E-state index in [0.717, 1.165) is 15.8 Å². The highest BCUT2D eigenvalue weighted by Crippen LogP contribution is 2.27. The van der Waals surface area contributed by atoms with Crippen LogP contribution in [0.2, 0.25) is 0 Å². The lowest BCUT2D eigenvalue weighted by Gasteiger charge is -2.18. The van der Waals surface area contributed by atoms with Crippen LogP contribution in [0, 0.1) is 6.92 Å². The van der Waals surface area contributed by atoms with Crippen LogP contribution in [0.15, 0.2) is 73.1 Å². The van der Waals surface area contributed by atoms with Crippen LogP contribution >= 0.6 is 11.3 Å². The van der Waals surface area contributed by atoms with Crippen molar-refractivity contribution in [1.82, 2.24) is 9.55 Å². The van der Waals surface area contributed by atoms with Gasteiger partial charge >= 0.3 is 0 Å². The van der Waals surface area contributed by atoms with Gasteiger partial charge in [-0.2, -0.15) is 0 Å². The molecule has 0 saturated carbocycles. The van der Waals surface area contributed by atoms with Crippen molar-refractivity contribution < 1.29 is 4.79 Å². The monoisotopic (exact) mass is 361 g/mol. The fourth-order valence-electron chi connectivity index (χ4n) is 3.00. The van der Waals surface area contributed by atoms with E-state index in [1.165, 1.54) is 16.9 Å². The summed E-state index contributed by atoms with van der Waals surface area (Å²) >= 11 is 1.51. The molecule has 0 radical (unpaired) electrons. The lowest BCUT2D eigenvalue weighted by Crippen LogP contribution is -2.27. The summed E-state index contributed by atoms with van der Waals surface area (Å²) in [6, 6.07) is 19.7. The minimum Gasteiger partial charge on any atom is -0.342 e. The van der Waals surface area contributed by atoms with E-state index in [1.807, 2.05) is 71.6 Å². The number of aromatic nitrogens is 2. The van der Waals surface area contributed by atoms with Crippen molar-refractivity contribution in [3.63, 3.8) is 0 Å². The predicted octanol–water partition coefficient (Wildman–Crippen LogP) is 4.83. The first-order valence-electron chi connectivity index (χ1n) is 8.53. The molecule has 0 unspecified atom stereocenters. The highest BCUT2D eigenvalue weighted by Gasteiger charge is 2.21. The van der Waals surface area contributed by atoms with Crippen molar-refractivity contribution in [3.8, 4) is 0 Å². The molecule has 0 saturated heterocycles. The zero-order valence-electron chi connectivity index (χ0n) is 14.4. The molecule has 0 aliphatic carbocycles. The Kier molecular flexibility index (Phi) is 4.54. The first-order chi connectivity index (χ1) is 12.7. The molecular formula is C21H19N3OS. The molecule has 2 heterocycles. The van der Waals surface area contributed by atoms with Gasteiger partial charge in [-0.1, -0.05) is 47.7 Å². The number of fused-ring (bicyclic) bond motifs is 1. The number of nitrogens with one attached hydrogen (secondary N) is 1. The minimum atomic E-state index is -0.318. The van der Waals surface area contributed by atoms with Gasteiger partial charge in [-0.25, -0.2) is 4.98 Å². The van der Waals surface area contributed by atoms with Crippen molar-refractivity contribution in [1.29, 1.82) is 0 Å². The smallest absolute Gasteiger partial charge is 0.249 e. The Hall–Kier alpha value is -2.92. The van der Waals surface area contributed by atoms with Crippen molar-refractivity contribution in [2.24, 2.45) is 0 Å². The molecule has 5 heteroatoms. The molecule has 1 N–H and O–H groups in total. The molecule has 0 fully saturated rings. The van der Waals surface area contributed by atoms with Gasteiger partial charge in [-0.3, -0.25) is 4.79 Å². The maximum Gasteiger partial charge on any atom is 0.249 e. The Bertz CT molecular complexity index is 1020. The Morgan fingerprint density at radius 3 is 2.65 bits per heavy atom. The summed E-state index contributed by atoms with van der Waals surface area (Å²) < 4.78 is 3.03. The SMILES string of the molecule is Cc1ccc2nc(NC(=O)[C@H](Cc3ccccc3)n3cccc3)sc2c1. The van der Waals surface area contributed by atoms with E-state index in [4.69, 9.17) is 0 Å². The van der Waals surface area contributed by atoms with Gasteiger partial charge in [0.25, 0.3) is 0 Å². The molecule has 0 bridgehead atoms. The van der Waals surface area contributed by atoms with Crippen LogP contribution in [-0.2, 0) is 11.2 Å². The maximum absolute atomic E-state index is 13.0. The molecule has 0 aliphatic rings. The van der Waals surface area contributed by atoms with Crippen LogP contribution in [0.5, 0.6) is 0 Å². The topological polar surface area (TPSA) is 46.9 Å². The Labute approximate surface area is 156 Å². The third-order valence-electron chi connectivity index (χ3n) is 4.34. The van der Waals surface area contributed by atoms with Crippen molar-refractivity contribution in [2.45, 2.75) is 19.4 Å². The number of nitrogens with zero attached hydrogens (tertiary/aromatic N) is 2. The van der Waals surface area contributed by atoms with E-state index < -0.39 is 0 Å². The van der Waals surface area contributed by atoms with E-state index in [1.54, 1.807) is 0 Å². The van der Waals surface area contributed by atoms with Gasteiger partial charge in [0.05, 0.1) is 10.2 Å². The molecule has 2 aromatic carbocycles. The van der Waals surface area contributed by atoms with Crippen molar-refractivity contribution in [3.05, 3.63) is 84.2 Å². The van der Waals surface area contributed by atoms with Crippen LogP contribution in [0.1, 0.15) is 17.2 Å². The van der Waals surface area contributed by atoms with Crippen LogP contribution in [-0.4, -0.2) is 15.5 Å². The summed E-state index contributed by atoms with van der Waals surface area (Å²) in [6.07, 6.45) is 4.48. The second-order valence-electron chi connectivity index (χ2n) is 6.32. The fraction of sp³-hybridized carbons (Fsp3) is 0.143. The fourth-order valence-corrected chi connectivity index (χ4v) is 3.97. The van der Waals surface area contributed by atoms with Gasteiger partial charge in [0.1, 0.15) is 6.04 Å². The van der Waals surface area contributed by atoms with E-state index >= 15 is 0 Å². The summed E-state index contributed by atoms with van der Waals surface area (Å²) in [4.78, 5) is 17.5. The summed E-state index contributed by atoms with van der Waals surface area (Å²) in [5.41, 5.74) is 3.23. The minimum absolute atomic E-state index is 0.0548. The summed E-state index contributed by atoms with van der Waals surface area (Å²) in [6.45, 7) is 2.05. The predicted molar refractivity (Wildman–Crippen MR) is 107 cm³/mol. The largest absolute Gasteiger partial charge is 0.342 e. The third kappa shape index (κ3) is 3.53. The van der Waals surface area contributed by atoms with Crippen LogP contribution in [0.4, 0.5) is 5.13 Å². The lowest BCUT2D eigenvalue weighted by atomic mass is 10.1. The zero-order chi connectivity index (χ0) is 17.9. The number of carbonyl (C=O) groups excluding carboxylic acids is 1. The summed E-state index contributed by atoms with van der Waals surface area (Å²) in [7, 11) is 0. The van der Waals surface area contributed by atoms with E-state index in [9.17, 15) is 4.79 Å². The number of rotatable bonds is 5. The van der Waals surface area contributed by atoms with Gasteiger partial charge in [0, 0.05) is 18.8 Å². The van der Waals surface area contributed by atoms with Crippen LogP contribution < -0.4 is 5.32 Å². The Balaban J connectivity index is 1.59. The van der Waals surface area contributed by atoms with E-state index in [-0.39, 0.29) is 11.9 Å². The highest BCUT2D eigenvalue weighted by atomic mass is 32.1. The number of aryl methyl sites for hydroxylation is 1. The van der Waals surface area contributed by atoms with Crippen LogP contribution in [0.3, 0.4) is 0 Å². The molecule has 1 atom stereocenters. The molecule has 0 aliphatic heterocycles. The van der Waals surface area contributed by atoms with E-state index in [2.05, 4.69) is 23.3 Å². The average molecular weight is 361 g/mol. The van der Waals surface area contributed by atoms with Crippen LogP contribution in [0.25, 0.3) is 10.2 Å². The summed E-state index contributed by atoms with van der Waals surface area (Å²) in [5, 5.41) is 3.65. The molecule has 1 amide bonds. The first kappa shape index (κ1) is 16.5. The molecule has 0 spiro atoms.